The minimum Gasteiger partial charge on any atom is -0.347 e. The molecule has 1 fully saturated rings. The number of nitrogens with one attached hydrogen (secondary N) is 2. The summed E-state index contributed by atoms with van der Waals surface area (Å²) in [4.78, 5) is 12.0. The molecule has 0 unspecified atom stereocenters. The van der Waals surface area contributed by atoms with E-state index in [2.05, 4.69) is 10.6 Å². The Labute approximate surface area is 100.0 Å². The number of amides is 1. The number of hydrogen-bond acceptors (Lipinski definition) is 2. The van der Waals surface area contributed by atoms with Crippen LogP contribution in [0.4, 0.5) is 0 Å². The molecule has 1 aliphatic heterocycles. The first kappa shape index (κ1) is 11.5. The summed E-state index contributed by atoms with van der Waals surface area (Å²) in [6.45, 7) is 4.56. The zero-order valence-electron chi connectivity index (χ0n) is 9.29. The number of carbonyl (C=O) groups is 1. The van der Waals surface area contributed by atoms with E-state index in [1.54, 1.807) is 12.3 Å². The molecule has 2 N–H and O–H groups in total. The molecule has 0 spiro atoms. The Balaban J connectivity index is 2.07. The van der Waals surface area contributed by atoms with Crippen LogP contribution in [0.25, 0.3) is 0 Å². The van der Waals surface area contributed by atoms with Gasteiger partial charge in [-0.05, 0) is 26.0 Å². The lowest BCUT2D eigenvalue weighted by atomic mass is 10.2. The molecule has 0 aromatic carbocycles. The monoisotopic (exact) mass is 241 g/mol. The molecule has 1 amide bonds. The molecule has 0 bridgehead atoms. The number of aromatic nitrogens is 1. The van der Waals surface area contributed by atoms with E-state index in [1.807, 2.05) is 11.5 Å². The topological polar surface area (TPSA) is 46.1 Å². The van der Waals surface area contributed by atoms with E-state index < -0.39 is 0 Å². The largest absolute Gasteiger partial charge is 0.347 e. The predicted molar refractivity (Wildman–Crippen MR) is 63.9 cm³/mol. The highest BCUT2D eigenvalue weighted by Crippen LogP contribution is 2.14. The maximum atomic E-state index is 12.0. The molecule has 5 heteroatoms. The van der Waals surface area contributed by atoms with Gasteiger partial charge < -0.3 is 15.2 Å². The maximum Gasteiger partial charge on any atom is 0.268 e. The number of hydrogen-bond donors (Lipinski definition) is 2. The Kier molecular flexibility index (Phi) is 3.51. The summed E-state index contributed by atoms with van der Waals surface area (Å²) in [6, 6.07) is 1.95. The highest BCUT2D eigenvalue weighted by atomic mass is 35.5. The summed E-state index contributed by atoms with van der Waals surface area (Å²) in [7, 11) is 0. The number of carbonyl (C=O) groups excluding carboxylic acids is 1. The van der Waals surface area contributed by atoms with Crippen molar-refractivity contribution < 1.29 is 4.79 Å². The molecular weight excluding hydrogens is 226 g/mol. The molecule has 2 heterocycles. The average Bonchev–Trinajstić information content (AvgIpc) is 2.86. The third-order valence-electron chi connectivity index (χ3n) is 2.83. The van der Waals surface area contributed by atoms with Crippen LogP contribution in [0.5, 0.6) is 0 Å². The van der Waals surface area contributed by atoms with Crippen molar-refractivity contribution in [1.29, 1.82) is 0 Å². The van der Waals surface area contributed by atoms with E-state index in [1.165, 1.54) is 0 Å². The number of nitrogens with zero attached hydrogens (tertiary/aromatic N) is 1. The van der Waals surface area contributed by atoms with E-state index in [0.29, 0.717) is 10.7 Å². The minimum atomic E-state index is -0.0394. The van der Waals surface area contributed by atoms with E-state index in [9.17, 15) is 4.79 Å². The van der Waals surface area contributed by atoms with Gasteiger partial charge in [0.2, 0.25) is 0 Å². The predicted octanol–water partition coefficient (Wildman–Crippen LogP) is 1.25. The lowest BCUT2D eigenvalue weighted by molar-refractivity contribution is 0.0931. The fourth-order valence-electron chi connectivity index (χ4n) is 1.96. The van der Waals surface area contributed by atoms with Crippen LogP contribution in [-0.4, -0.2) is 29.6 Å². The van der Waals surface area contributed by atoms with Crippen molar-refractivity contribution in [2.24, 2.45) is 0 Å². The quantitative estimate of drug-likeness (QED) is 0.837. The van der Waals surface area contributed by atoms with Crippen LogP contribution >= 0.6 is 11.6 Å². The normalized spacial score (nSPS) is 20.0. The maximum absolute atomic E-state index is 12.0. The standard InChI is InChI=1S/C11H16ClN3O/c1-2-15-7-8(12)5-10(15)11(16)14-9-3-4-13-6-9/h5,7,9,13H,2-4,6H2,1H3,(H,14,16)/t9-/m1/s1. The highest BCUT2D eigenvalue weighted by Gasteiger charge is 2.19. The van der Waals surface area contributed by atoms with E-state index in [0.717, 1.165) is 26.1 Å². The van der Waals surface area contributed by atoms with Gasteiger partial charge in [-0.15, -0.1) is 0 Å². The Bertz CT molecular complexity index is 383. The first-order chi connectivity index (χ1) is 7.70. The Morgan fingerprint density at radius 3 is 3.19 bits per heavy atom. The van der Waals surface area contributed by atoms with Gasteiger partial charge in [0.05, 0.1) is 5.02 Å². The van der Waals surface area contributed by atoms with Gasteiger partial charge in [-0.2, -0.15) is 0 Å². The lowest BCUT2D eigenvalue weighted by Crippen LogP contribution is -2.37. The second-order valence-electron chi connectivity index (χ2n) is 3.99. The zero-order chi connectivity index (χ0) is 11.5. The molecule has 1 saturated heterocycles. The average molecular weight is 242 g/mol. The van der Waals surface area contributed by atoms with Crippen LogP contribution in [0.1, 0.15) is 23.8 Å². The molecule has 4 nitrogen and oxygen atoms in total. The van der Waals surface area contributed by atoms with Gasteiger partial charge in [0.1, 0.15) is 5.69 Å². The van der Waals surface area contributed by atoms with Gasteiger partial charge in [0, 0.05) is 25.3 Å². The Morgan fingerprint density at radius 1 is 1.75 bits per heavy atom. The number of halogens is 1. The molecule has 1 aromatic rings. The van der Waals surface area contributed by atoms with Crippen molar-refractivity contribution in [3.05, 3.63) is 23.0 Å². The molecule has 0 aliphatic carbocycles. The van der Waals surface area contributed by atoms with Gasteiger partial charge in [-0.1, -0.05) is 11.6 Å². The molecule has 16 heavy (non-hydrogen) atoms. The first-order valence-corrected chi connectivity index (χ1v) is 5.95. The summed E-state index contributed by atoms with van der Waals surface area (Å²) in [6.07, 6.45) is 2.77. The van der Waals surface area contributed by atoms with Crippen molar-refractivity contribution in [3.63, 3.8) is 0 Å². The van der Waals surface area contributed by atoms with E-state index >= 15 is 0 Å². The summed E-state index contributed by atoms with van der Waals surface area (Å²) < 4.78 is 1.86. The van der Waals surface area contributed by atoms with Crippen LogP contribution in [-0.2, 0) is 6.54 Å². The SMILES string of the molecule is CCn1cc(Cl)cc1C(=O)N[C@@H]1CCNC1. The number of aryl methyl sites for hydroxylation is 1. The zero-order valence-corrected chi connectivity index (χ0v) is 10.0. The second-order valence-corrected chi connectivity index (χ2v) is 4.43. The van der Waals surface area contributed by atoms with Crippen LogP contribution in [0.2, 0.25) is 5.02 Å². The summed E-state index contributed by atoms with van der Waals surface area (Å²) in [5, 5.41) is 6.83. The second kappa shape index (κ2) is 4.89. The van der Waals surface area contributed by atoms with Crippen molar-refractivity contribution in [2.75, 3.05) is 13.1 Å². The first-order valence-electron chi connectivity index (χ1n) is 5.58. The molecule has 2 rings (SSSR count). The molecule has 1 aromatic heterocycles. The van der Waals surface area contributed by atoms with E-state index in [-0.39, 0.29) is 11.9 Å². The molecule has 88 valence electrons. The molecule has 1 atom stereocenters. The molecule has 0 saturated carbocycles. The van der Waals surface area contributed by atoms with Crippen LogP contribution in [0.3, 0.4) is 0 Å². The Hall–Kier alpha value is -1.00. The van der Waals surface area contributed by atoms with Crippen molar-refractivity contribution in [2.45, 2.75) is 25.9 Å². The van der Waals surface area contributed by atoms with Crippen LogP contribution in [0, 0.1) is 0 Å². The van der Waals surface area contributed by atoms with Gasteiger partial charge in [-0.3, -0.25) is 4.79 Å². The smallest absolute Gasteiger partial charge is 0.268 e. The van der Waals surface area contributed by atoms with Crippen LogP contribution < -0.4 is 10.6 Å². The summed E-state index contributed by atoms with van der Waals surface area (Å²) in [5.74, 6) is -0.0394. The highest BCUT2D eigenvalue weighted by molar-refractivity contribution is 6.31. The van der Waals surface area contributed by atoms with Crippen molar-refractivity contribution in [1.82, 2.24) is 15.2 Å². The number of rotatable bonds is 3. The van der Waals surface area contributed by atoms with Crippen LogP contribution in [0.15, 0.2) is 12.3 Å². The van der Waals surface area contributed by atoms with Gasteiger partial charge in [-0.25, -0.2) is 0 Å². The molecule has 0 radical (unpaired) electrons. The third-order valence-corrected chi connectivity index (χ3v) is 3.04. The minimum absolute atomic E-state index is 0.0394. The van der Waals surface area contributed by atoms with E-state index in [4.69, 9.17) is 11.6 Å². The molecule has 1 aliphatic rings. The van der Waals surface area contributed by atoms with Gasteiger partial charge >= 0.3 is 0 Å². The summed E-state index contributed by atoms with van der Waals surface area (Å²) >= 11 is 5.89. The summed E-state index contributed by atoms with van der Waals surface area (Å²) in [5.41, 5.74) is 0.638. The van der Waals surface area contributed by atoms with Crippen molar-refractivity contribution in [3.8, 4) is 0 Å². The fraction of sp³-hybridized carbons (Fsp3) is 0.545. The fourth-order valence-corrected chi connectivity index (χ4v) is 2.19. The Morgan fingerprint density at radius 2 is 2.56 bits per heavy atom. The van der Waals surface area contributed by atoms with Gasteiger partial charge in [0.15, 0.2) is 0 Å². The van der Waals surface area contributed by atoms with Gasteiger partial charge in [0.25, 0.3) is 5.91 Å². The van der Waals surface area contributed by atoms with Crippen molar-refractivity contribution >= 4 is 17.5 Å². The lowest BCUT2D eigenvalue weighted by Gasteiger charge is -2.12. The molecular formula is C11H16ClN3O. The third kappa shape index (κ3) is 2.39.